The number of halogens is 3. The van der Waals surface area contributed by atoms with Crippen LogP contribution in [0, 0.1) is 6.92 Å². The van der Waals surface area contributed by atoms with Crippen molar-refractivity contribution in [1.29, 1.82) is 0 Å². The molecule has 6 heteroatoms. The van der Waals surface area contributed by atoms with Gasteiger partial charge in [0.25, 0.3) is 0 Å². The third kappa shape index (κ3) is 5.09. The molecule has 0 aliphatic carbocycles. The van der Waals surface area contributed by atoms with Gasteiger partial charge in [0.2, 0.25) is 5.91 Å². The molecule has 0 saturated carbocycles. The second kappa shape index (κ2) is 7.49. The monoisotopic (exact) mass is 337 g/mol. The summed E-state index contributed by atoms with van der Waals surface area (Å²) in [5.74, 6) is -0.258. The molecule has 0 aliphatic rings. The summed E-state index contributed by atoms with van der Waals surface area (Å²) in [4.78, 5) is 11.9. The number of nitrogens with one attached hydrogen (secondary N) is 1. The molecule has 2 N–H and O–H groups in total. The number of hydrogen-bond donors (Lipinski definition) is 2. The molecule has 1 amide bonds. The molecule has 2 rings (SSSR count). The third-order valence-corrected chi connectivity index (χ3v) is 3.56. The van der Waals surface area contributed by atoms with Crippen LogP contribution in [0.4, 0.5) is 13.2 Å². The van der Waals surface area contributed by atoms with E-state index >= 15 is 0 Å². The fourth-order valence-electron chi connectivity index (χ4n) is 2.29. The molecule has 1 atom stereocenters. The predicted octanol–water partition coefficient (Wildman–Crippen LogP) is 3.41. The molecular weight excluding hydrogens is 319 g/mol. The maximum Gasteiger partial charge on any atom is 0.416 e. The van der Waals surface area contributed by atoms with E-state index < -0.39 is 17.8 Å². The standard InChI is InChI=1S/C18H18F3NO2/c1-12-3-2-4-13(9-12)10-17(24)22-11-16(23)14-5-7-15(8-6-14)18(19,20)21/h2-9,16,23H,10-11H2,1H3,(H,22,24). The summed E-state index contributed by atoms with van der Waals surface area (Å²) >= 11 is 0. The molecule has 0 aliphatic heterocycles. The number of carbonyl (C=O) groups excluding carboxylic acids is 1. The van der Waals surface area contributed by atoms with Gasteiger partial charge in [-0.3, -0.25) is 4.79 Å². The van der Waals surface area contributed by atoms with Crippen molar-refractivity contribution in [2.45, 2.75) is 25.6 Å². The number of carbonyl (C=O) groups is 1. The highest BCUT2D eigenvalue weighted by atomic mass is 19.4. The maximum atomic E-state index is 12.5. The van der Waals surface area contributed by atoms with Gasteiger partial charge in [-0.15, -0.1) is 0 Å². The van der Waals surface area contributed by atoms with Gasteiger partial charge in [-0.25, -0.2) is 0 Å². The summed E-state index contributed by atoms with van der Waals surface area (Å²) in [7, 11) is 0. The van der Waals surface area contributed by atoms with Crippen molar-refractivity contribution in [3.8, 4) is 0 Å². The summed E-state index contributed by atoms with van der Waals surface area (Å²) in [5, 5.41) is 12.6. The van der Waals surface area contributed by atoms with Crippen molar-refractivity contribution in [1.82, 2.24) is 5.32 Å². The van der Waals surface area contributed by atoms with Crippen molar-refractivity contribution in [3.05, 3.63) is 70.8 Å². The van der Waals surface area contributed by atoms with Crippen LogP contribution in [0.2, 0.25) is 0 Å². The van der Waals surface area contributed by atoms with Crippen molar-refractivity contribution in [3.63, 3.8) is 0 Å². The van der Waals surface area contributed by atoms with Crippen molar-refractivity contribution >= 4 is 5.91 Å². The van der Waals surface area contributed by atoms with Gasteiger partial charge in [-0.05, 0) is 30.2 Å². The summed E-state index contributed by atoms with van der Waals surface area (Å²) in [6, 6.07) is 11.7. The first kappa shape index (κ1) is 18.0. The van der Waals surface area contributed by atoms with Crippen LogP contribution in [0.25, 0.3) is 0 Å². The zero-order valence-corrected chi connectivity index (χ0v) is 13.1. The lowest BCUT2D eigenvalue weighted by atomic mass is 10.1. The Morgan fingerprint density at radius 2 is 1.83 bits per heavy atom. The van der Waals surface area contributed by atoms with E-state index in [4.69, 9.17) is 0 Å². The Hall–Kier alpha value is -2.34. The quantitative estimate of drug-likeness (QED) is 0.878. The number of aryl methyl sites for hydroxylation is 1. The summed E-state index contributed by atoms with van der Waals surface area (Å²) in [6.45, 7) is 1.87. The minimum atomic E-state index is -4.41. The molecule has 2 aromatic rings. The summed E-state index contributed by atoms with van der Waals surface area (Å²) in [6.07, 6.45) is -5.29. The van der Waals surface area contributed by atoms with E-state index in [0.717, 1.165) is 23.3 Å². The summed E-state index contributed by atoms with van der Waals surface area (Å²) in [5.41, 5.74) is 1.45. The number of benzene rings is 2. The van der Waals surface area contributed by atoms with Gasteiger partial charge in [0, 0.05) is 6.54 Å². The summed E-state index contributed by atoms with van der Waals surface area (Å²) < 4.78 is 37.5. The molecule has 24 heavy (non-hydrogen) atoms. The maximum absolute atomic E-state index is 12.5. The first-order valence-electron chi connectivity index (χ1n) is 7.43. The first-order valence-corrected chi connectivity index (χ1v) is 7.43. The van der Waals surface area contributed by atoms with Gasteiger partial charge >= 0.3 is 6.18 Å². The van der Waals surface area contributed by atoms with E-state index in [2.05, 4.69) is 5.32 Å². The van der Waals surface area contributed by atoms with E-state index in [1.54, 1.807) is 0 Å². The average molecular weight is 337 g/mol. The van der Waals surface area contributed by atoms with Gasteiger partial charge in [0.05, 0.1) is 18.1 Å². The Bertz CT molecular complexity index is 696. The first-order chi connectivity index (χ1) is 11.3. The lowest BCUT2D eigenvalue weighted by Crippen LogP contribution is -2.29. The van der Waals surface area contributed by atoms with Gasteiger partial charge in [-0.1, -0.05) is 42.0 Å². The van der Waals surface area contributed by atoms with Gasteiger partial charge < -0.3 is 10.4 Å². The number of rotatable bonds is 5. The van der Waals surface area contributed by atoms with E-state index in [1.807, 2.05) is 31.2 Å². The van der Waals surface area contributed by atoms with Crippen LogP contribution in [0.5, 0.6) is 0 Å². The van der Waals surface area contributed by atoms with Gasteiger partial charge in [0.1, 0.15) is 0 Å². The minimum absolute atomic E-state index is 0.0595. The highest BCUT2D eigenvalue weighted by molar-refractivity contribution is 5.78. The van der Waals surface area contributed by atoms with Crippen LogP contribution in [-0.2, 0) is 17.4 Å². The molecule has 0 aromatic heterocycles. The van der Waals surface area contributed by atoms with Crippen LogP contribution in [0.15, 0.2) is 48.5 Å². The topological polar surface area (TPSA) is 49.3 Å². The van der Waals surface area contributed by atoms with Crippen molar-refractivity contribution in [2.75, 3.05) is 6.54 Å². The van der Waals surface area contributed by atoms with Crippen molar-refractivity contribution in [2.24, 2.45) is 0 Å². The molecule has 0 heterocycles. The van der Waals surface area contributed by atoms with E-state index in [0.29, 0.717) is 5.56 Å². The molecule has 3 nitrogen and oxygen atoms in total. The average Bonchev–Trinajstić information content (AvgIpc) is 2.52. The second-order valence-corrected chi connectivity index (χ2v) is 5.61. The van der Waals surface area contributed by atoms with Gasteiger partial charge in [0.15, 0.2) is 0 Å². The van der Waals surface area contributed by atoms with Crippen molar-refractivity contribution < 1.29 is 23.1 Å². The van der Waals surface area contributed by atoms with Crippen LogP contribution < -0.4 is 5.32 Å². The van der Waals surface area contributed by atoms with E-state index in [-0.39, 0.29) is 18.9 Å². The number of alkyl halides is 3. The lowest BCUT2D eigenvalue weighted by molar-refractivity contribution is -0.137. The largest absolute Gasteiger partial charge is 0.416 e. The molecule has 1 unspecified atom stereocenters. The van der Waals surface area contributed by atoms with E-state index in [9.17, 15) is 23.1 Å². The number of aliphatic hydroxyl groups is 1. The molecule has 0 spiro atoms. The molecule has 0 radical (unpaired) electrons. The second-order valence-electron chi connectivity index (χ2n) is 5.61. The molecule has 0 saturated heterocycles. The fourth-order valence-corrected chi connectivity index (χ4v) is 2.29. The fraction of sp³-hybridized carbons (Fsp3) is 0.278. The highest BCUT2D eigenvalue weighted by Crippen LogP contribution is 2.29. The smallest absolute Gasteiger partial charge is 0.387 e. The Labute approximate surface area is 138 Å². The Morgan fingerprint density at radius 3 is 2.42 bits per heavy atom. The lowest BCUT2D eigenvalue weighted by Gasteiger charge is -2.14. The third-order valence-electron chi connectivity index (χ3n) is 3.56. The minimum Gasteiger partial charge on any atom is -0.387 e. The predicted molar refractivity (Wildman–Crippen MR) is 84.3 cm³/mol. The Balaban J connectivity index is 1.88. The molecule has 2 aromatic carbocycles. The zero-order valence-electron chi connectivity index (χ0n) is 13.1. The van der Waals surface area contributed by atoms with Crippen LogP contribution in [0.3, 0.4) is 0 Å². The normalized spacial score (nSPS) is 12.7. The highest BCUT2D eigenvalue weighted by Gasteiger charge is 2.30. The SMILES string of the molecule is Cc1cccc(CC(=O)NCC(O)c2ccc(C(F)(F)F)cc2)c1. The molecule has 0 bridgehead atoms. The van der Waals surface area contributed by atoms with Crippen LogP contribution in [0.1, 0.15) is 28.4 Å². The molecular formula is C18H18F3NO2. The zero-order chi connectivity index (χ0) is 17.7. The number of hydrogen-bond acceptors (Lipinski definition) is 2. The van der Waals surface area contributed by atoms with Gasteiger partial charge in [-0.2, -0.15) is 13.2 Å². The number of aliphatic hydroxyl groups excluding tert-OH is 1. The van der Waals surface area contributed by atoms with Crippen LogP contribution >= 0.6 is 0 Å². The Morgan fingerprint density at radius 1 is 1.17 bits per heavy atom. The Kier molecular flexibility index (Phi) is 5.62. The van der Waals surface area contributed by atoms with E-state index in [1.165, 1.54) is 12.1 Å². The number of amides is 1. The molecule has 0 fully saturated rings. The molecule has 128 valence electrons. The van der Waals surface area contributed by atoms with Crippen LogP contribution in [-0.4, -0.2) is 17.6 Å².